The molecular formula is C21H33N3OS2. The van der Waals surface area contributed by atoms with Crippen LogP contribution in [0.3, 0.4) is 0 Å². The number of aromatic nitrogens is 2. The molecule has 4 nitrogen and oxygen atoms in total. The molecule has 0 aromatic carbocycles. The molecule has 1 heterocycles. The minimum Gasteiger partial charge on any atom is -0.360 e. The van der Waals surface area contributed by atoms with Gasteiger partial charge in [-0.1, -0.05) is 43.4 Å². The summed E-state index contributed by atoms with van der Waals surface area (Å²) in [6.07, 6.45) is 11.3. The maximum absolute atomic E-state index is 13.1. The first-order valence-corrected chi connectivity index (χ1v) is 12.6. The molecule has 1 N–H and O–H groups in total. The van der Waals surface area contributed by atoms with Gasteiger partial charge in [-0.05, 0) is 75.0 Å². The average Bonchev–Trinajstić information content (AvgIpc) is 3.09. The zero-order valence-corrected chi connectivity index (χ0v) is 18.3. The van der Waals surface area contributed by atoms with Gasteiger partial charge in [-0.3, -0.25) is 4.79 Å². The van der Waals surface area contributed by atoms with E-state index in [1.165, 1.54) is 57.8 Å². The van der Waals surface area contributed by atoms with Crippen molar-refractivity contribution in [2.75, 3.05) is 17.6 Å². The molecule has 0 amide bonds. The maximum Gasteiger partial charge on any atom is 0.206 e. The van der Waals surface area contributed by atoms with Gasteiger partial charge < -0.3 is 5.32 Å². The van der Waals surface area contributed by atoms with Crippen molar-refractivity contribution in [1.82, 2.24) is 10.2 Å². The third-order valence-corrected chi connectivity index (χ3v) is 9.22. The van der Waals surface area contributed by atoms with Crippen LogP contribution in [-0.4, -0.2) is 28.3 Å². The quantitative estimate of drug-likeness (QED) is 0.401. The van der Waals surface area contributed by atoms with E-state index in [9.17, 15) is 4.79 Å². The van der Waals surface area contributed by atoms with E-state index in [4.69, 9.17) is 0 Å². The van der Waals surface area contributed by atoms with Crippen molar-refractivity contribution in [3.63, 3.8) is 0 Å². The van der Waals surface area contributed by atoms with E-state index < -0.39 is 0 Å². The highest BCUT2D eigenvalue weighted by molar-refractivity contribution is 8.01. The standard InChI is InChI=1S/C21H33N3OS2/c1-3-14(2)5-4-6-22-19-23-24-20(27-19)26-13-18(25)21-10-15-7-16(11-21)9-17(8-15)12-21/h14-17H,3-13H2,1-2H3,(H,22,23). The van der Waals surface area contributed by atoms with Crippen molar-refractivity contribution >= 4 is 34.0 Å². The molecule has 6 heteroatoms. The van der Waals surface area contributed by atoms with E-state index >= 15 is 0 Å². The number of Topliss-reactive ketones (excluding diaryl/α,β-unsaturated/α-hetero) is 1. The molecule has 1 aromatic rings. The van der Waals surface area contributed by atoms with Gasteiger partial charge in [-0.2, -0.15) is 0 Å². The number of hydrogen-bond acceptors (Lipinski definition) is 6. The third-order valence-electron chi connectivity index (χ3n) is 7.21. The first-order chi connectivity index (χ1) is 13.1. The Labute approximate surface area is 171 Å². The number of carbonyl (C=O) groups is 1. The van der Waals surface area contributed by atoms with E-state index in [1.807, 2.05) is 0 Å². The van der Waals surface area contributed by atoms with Crippen LogP contribution in [0.5, 0.6) is 0 Å². The second-order valence-corrected chi connectivity index (χ2v) is 11.6. The van der Waals surface area contributed by atoms with Gasteiger partial charge in [0.2, 0.25) is 5.13 Å². The van der Waals surface area contributed by atoms with Crippen LogP contribution in [-0.2, 0) is 4.79 Å². The molecule has 0 radical (unpaired) electrons. The number of nitrogens with zero attached hydrogens (tertiary/aromatic N) is 2. The highest BCUT2D eigenvalue weighted by Crippen LogP contribution is 2.60. The Kier molecular flexibility index (Phi) is 6.12. The third kappa shape index (κ3) is 4.52. The maximum atomic E-state index is 13.1. The van der Waals surface area contributed by atoms with Gasteiger partial charge in [0.25, 0.3) is 0 Å². The lowest BCUT2D eigenvalue weighted by Gasteiger charge is -2.56. The molecule has 4 aliphatic rings. The number of rotatable bonds is 10. The number of anilines is 1. The zero-order chi connectivity index (χ0) is 18.9. The van der Waals surface area contributed by atoms with Crippen molar-refractivity contribution in [1.29, 1.82) is 0 Å². The van der Waals surface area contributed by atoms with Gasteiger partial charge in [-0.25, -0.2) is 0 Å². The van der Waals surface area contributed by atoms with Crippen LogP contribution in [0.25, 0.3) is 0 Å². The Hall–Kier alpha value is -0.620. The van der Waals surface area contributed by atoms with Gasteiger partial charge in [-0.15, -0.1) is 10.2 Å². The Bertz CT molecular complexity index is 624. The van der Waals surface area contributed by atoms with Gasteiger partial charge >= 0.3 is 0 Å². The van der Waals surface area contributed by atoms with E-state index in [0.29, 0.717) is 11.5 Å². The molecule has 0 spiro atoms. The van der Waals surface area contributed by atoms with Crippen molar-refractivity contribution in [2.24, 2.45) is 29.1 Å². The van der Waals surface area contributed by atoms with E-state index in [2.05, 4.69) is 29.4 Å². The van der Waals surface area contributed by atoms with Crippen LogP contribution in [0.4, 0.5) is 5.13 Å². The largest absolute Gasteiger partial charge is 0.360 e. The lowest BCUT2D eigenvalue weighted by molar-refractivity contribution is -0.141. The number of hydrogen-bond donors (Lipinski definition) is 1. The molecular weight excluding hydrogens is 374 g/mol. The summed E-state index contributed by atoms with van der Waals surface area (Å²) in [5.74, 6) is 4.36. The summed E-state index contributed by atoms with van der Waals surface area (Å²) in [6.45, 7) is 5.51. The van der Waals surface area contributed by atoms with Crippen molar-refractivity contribution in [3.8, 4) is 0 Å². The topological polar surface area (TPSA) is 54.9 Å². The summed E-state index contributed by atoms with van der Waals surface area (Å²) in [7, 11) is 0. The number of ketones is 1. The minimum absolute atomic E-state index is 0.0174. The normalized spacial score (nSPS) is 32.6. The highest BCUT2D eigenvalue weighted by Gasteiger charge is 2.54. The molecule has 0 saturated heterocycles. The van der Waals surface area contributed by atoms with Gasteiger partial charge in [0.05, 0.1) is 5.75 Å². The van der Waals surface area contributed by atoms with Gasteiger partial charge in [0.1, 0.15) is 5.78 Å². The first kappa shape index (κ1) is 19.7. The molecule has 0 aliphatic heterocycles. The molecule has 5 rings (SSSR count). The molecule has 1 unspecified atom stereocenters. The fourth-order valence-corrected chi connectivity index (χ4v) is 7.73. The Morgan fingerprint density at radius 2 is 1.89 bits per heavy atom. The molecule has 1 atom stereocenters. The lowest BCUT2D eigenvalue weighted by atomic mass is 9.48. The Morgan fingerprint density at radius 1 is 1.22 bits per heavy atom. The lowest BCUT2D eigenvalue weighted by Crippen LogP contribution is -2.50. The van der Waals surface area contributed by atoms with E-state index in [-0.39, 0.29) is 5.41 Å². The molecule has 4 bridgehead atoms. The van der Waals surface area contributed by atoms with Crippen LogP contribution < -0.4 is 5.32 Å². The summed E-state index contributed by atoms with van der Waals surface area (Å²) in [6, 6.07) is 0. The van der Waals surface area contributed by atoms with Gasteiger partial charge in [0.15, 0.2) is 4.34 Å². The first-order valence-electron chi connectivity index (χ1n) is 10.8. The monoisotopic (exact) mass is 407 g/mol. The Balaban J connectivity index is 1.24. The fraction of sp³-hybridized carbons (Fsp3) is 0.857. The van der Waals surface area contributed by atoms with Crippen LogP contribution in [0, 0.1) is 29.1 Å². The van der Waals surface area contributed by atoms with Crippen molar-refractivity contribution in [3.05, 3.63) is 0 Å². The average molecular weight is 408 g/mol. The van der Waals surface area contributed by atoms with Gasteiger partial charge in [0, 0.05) is 12.0 Å². The summed E-state index contributed by atoms with van der Waals surface area (Å²) >= 11 is 3.20. The molecule has 27 heavy (non-hydrogen) atoms. The van der Waals surface area contributed by atoms with Crippen LogP contribution in [0.15, 0.2) is 4.34 Å². The molecule has 4 fully saturated rings. The van der Waals surface area contributed by atoms with Crippen molar-refractivity contribution < 1.29 is 4.79 Å². The predicted molar refractivity (Wildman–Crippen MR) is 113 cm³/mol. The van der Waals surface area contributed by atoms with E-state index in [1.54, 1.807) is 23.1 Å². The summed E-state index contributed by atoms with van der Waals surface area (Å²) in [5.41, 5.74) is 0.0174. The molecule has 150 valence electrons. The van der Waals surface area contributed by atoms with E-state index in [0.717, 1.165) is 39.7 Å². The number of nitrogens with one attached hydrogen (secondary N) is 1. The SMILES string of the molecule is CCC(C)CCCNc1nnc(SCC(=O)C23CC4CC(CC(C4)C2)C3)s1. The zero-order valence-electron chi connectivity index (χ0n) is 16.7. The number of carbonyl (C=O) groups excluding carboxylic acids is 1. The molecule has 4 aliphatic carbocycles. The van der Waals surface area contributed by atoms with Crippen LogP contribution >= 0.6 is 23.1 Å². The predicted octanol–water partition coefficient (Wildman–Crippen LogP) is 5.65. The Morgan fingerprint density at radius 3 is 2.52 bits per heavy atom. The number of thioether (sulfide) groups is 1. The summed E-state index contributed by atoms with van der Waals surface area (Å²) < 4.78 is 0.928. The second kappa shape index (κ2) is 8.40. The fourth-order valence-electron chi connectivity index (χ4n) is 5.92. The van der Waals surface area contributed by atoms with Crippen molar-refractivity contribution in [2.45, 2.75) is 76.0 Å². The second-order valence-electron chi connectivity index (χ2n) is 9.37. The summed E-state index contributed by atoms with van der Waals surface area (Å²) in [4.78, 5) is 13.1. The van der Waals surface area contributed by atoms with Crippen LogP contribution in [0.2, 0.25) is 0 Å². The highest BCUT2D eigenvalue weighted by atomic mass is 32.2. The summed E-state index contributed by atoms with van der Waals surface area (Å²) in [5, 5.41) is 12.8. The molecule has 1 aromatic heterocycles. The molecule has 4 saturated carbocycles. The van der Waals surface area contributed by atoms with Crippen LogP contribution in [0.1, 0.15) is 71.6 Å². The minimum atomic E-state index is 0.0174. The smallest absolute Gasteiger partial charge is 0.206 e.